The number of nitrogens with one attached hydrogen (secondary N) is 1. The number of likely N-dealkylation sites (tertiary alicyclic amines) is 2. The number of aromatic nitrogens is 3. The summed E-state index contributed by atoms with van der Waals surface area (Å²) in [5.74, 6) is 0.398. The van der Waals surface area contributed by atoms with Crippen molar-refractivity contribution in [2.24, 2.45) is 18.9 Å². The Morgan fingerprint density at radius 1 is 0.960 bits per heavy atom. The van der Waals surface area contributed by atoms with Crippen LogP contribution in [0.5, 0.6) is 0 Å². The fourth-order valence-corrected chi connectivity index (χ4v) is 7.33. The van der Waals surface area contributed by atoms with E-state index in [2.05, 4.69) is 33.2 Å². The predicted molar refractivity (Wildman–Crippen MR) is 187 cm³/mol. The molecule has 1 aromatic heterocycles. The lowest BCUT2D eigenvalue weighted by Crippen LogP contribution is -2.42. The number of benzene rings is 2. The largest absolute Gasteiger partial charge is 0.401 e. The van der Waals surface area contributed by atoms with Crippen LogP contribution in [0, 0.1) is 17.2 Å². The number of piperidine rings is 1. The molecule has 0 saturated carbocycles. The number of hydrogen-bond acceptors (Lipinski definition) is 7. The molecular formula is C37H45F3N8O2. The molecule has 3 aliphatic heterocycles. The third-order valence-electron chi connectivity index (χ3n) is 10.1. The van der Waals surface area contributed by atoms with E-state index in [9.17, 15) is 22.8 Å². The van der Waals surface area contributed by atoms with Crippen LogP contribution in [0.25, 0.3) is 17.0 Å². The van der Waals surface area contributed by atoms with Crippen molar-refractivity contribution in [3.63, 3.8) is 0 Å². The highest BCUT2D eigenvalue weighted by atomic mass is 19.4. The van der Waals surface area contributed by atoms with Crippen LogP contribution in [-0.2, 0) is 16.6 Å². The summed E-state index contributed by atoms with van der Waals surface area (Å²) in [5, 5.41) is 13.2. The van der Waals surface area contributed by atoms with Crippen LogP contribution in [0.1, 0.15) is 43.7 Å². The molecule has 0 spiro atoms. The summed E-state index contributed by atoms with van der Waals surface area (Å²) in [7, 11) is 1.84. The molecule has 2 aromatic carbocycles. The van der Waals surface area contributed by atoms with Gasteiger partial charge in [-0.3, -0.25) is 24.1 Å². The second kappa shape index (κ2) is 15.3. The monoisotopic (exact) mass is 690 g/mol. The lowest BCUT2D eigenvalue weighted by Gasteiger charge is -2.33. The number of amides is 2. The Labute approximate surface area is 291 Å². The van der Waals surface area contributed by atoms with Crippen molar-refractivity contribution in [3.05, 3.63) is 72.1 Å². The molecule has 0 radical (unpaired) electrons. The highest BCUT2D eigenvalue weighted by molar-refractivity contribution is 6.02. The van der Waals surface area contributed by atoms with Crippen molar-refractivity contribution in [2.75, 3.05) is 63.8 Å². The van der Waals surface area contributed by atoms with E-state index in [1.54, 1.807) is 15.9 Å². The first kappa shape index (κ1) is 35.5. The minimum atomic E-state index is -4.22. The molecule has 1 N–H and O–H groups in total. The number of hydrogen-bond donors (Lipinski definition) is 1. The van der Waals surface area contributed by atoms with Crippen molar-refractivity contribution in [1.29, 1.82) is 5.41 Å². The Hall–Kier alpha value is -4.36. The summed E-state index contributed by atoms with van der Waals surface area (Å²) >= 11 is 0. The summed E-state index contributed by atoms with van der Waals surface area (Å²) in [6.45, 7) is 4.75. The van der Waals surface area contributed by atoms with Crippen molar-refractivity contribution < 1.29 is 22.8 Å². The first-order chi connectivity index (χ1) is 24.0. The first-order valence-electron chi connectivity index (χ1n) is 17.4. The van der Waals surface area contributed by atoms with Crippen molar-refractivity contribution in [3.8, 4) is 11.4 Å². The van der Waals surface area contributed by atoms with E-state index >= 15 is 0 Å². The van der Waals surface area contributed by atoms with Gasteiger partial charge in [0.25, 0.3) is 0 Å². The molecule has 2 amide bonds. The number of alkyl halides is 3. The minimum absolute atomic E-state index is 0.00183. The molecule has 0 bridgehead atoms. The van der Waals surface area contributed by atoms with E-state index in [-0.39, 0.29) is 30.2 Å². The first-order valence-corrected chi connectivity index (χ1v) is 17.4. The standard InChI is InChI=1S/C37H45F3N8O2/c1-3-48(32-6-4-5-30(21-32)34(41)28-11-16-45(17-12-28)24-37(38,39)40)36(50)31-13-18-46(22-31)23-33(49)47-19-14-27(15-20-47)26-7-9-29(10-8-26)35-42-25-44(2)43-35/h4-10,14,21,25,28,31,41H,3,11-13,15-20,22-24H2,1-2H3/t31-/m1/s1. The van der Waals surface area contributed by atoms with E-state index in [0.717, 1.165) is 17.5 Å². The van der Waals surface area contributed by atoms with Crippen LogP contribution in [0.15, 0.2) is 60.9 Å². The quantitative estimate of drug-likeness (QED) is 0.297. The second-order valence-electron chi connectivity index (χ2n) is 13.6. The molecule has 6 rings (SSSR count). The van der Waals surface area contributed by atoms with Gasteiger partial charge in [-0.25, -0.2) is 4.98 Å². The maximum atomic E-state index is 13.8. The van der Waals surface area contributed by atoms with Gasteiger partial charge in [-0.2, -0.15) is 18.3 Å². The Balaban J connectivity index is 0.992. The van der Waals surface area contributed by atoms with Gasteiger partial charge >= 0.3 is 6.18 Å². The third-order valence-corrected chi connectivity index (χ3v) is 10.1. The van der Waals surface area contributed by atoms with Crippen LogP contribution >= 0.6 is 0 Å². The van der Waals surface area contributed by atoms with Gasteiger partial charge < -0.3 is 15.2 Å². The average molecular weight is 691 g/mol. The predicted octanol–water partition coefficient (Wildman–Crippen LogP) is 5.11. The van der Waals surface area contributed by atoms with Gasteiger partial charge in [0.1, 0.15) is 6.33 Å². The van der Waals surface area contributed by atoms with Gasteiger partial charge in [0, 0.05) is 56.1 Å². The van der Waals surface area contributed by atoms with Crippen molar-refractivity contribution >= 4 is 28.8 Å². The maximum Gasteiger partial charge on any atom is 0.401 e. The van der Waals surface area contributed by atoms with E-state index in [4.69, 9.17) is 5.41 Å². The molecule has 2 fully saturated rings. The number of halogens is 3. The summed E-state index contributed by atoms with van der Waals surface area (Å²) in [6.07, 6.45) is 2.02. The van der Waals surface area contributed by atoms with Crippen LogP contribution < -0.4 is 4.90 Å². The maximum absolute atomic E-state index is 13.8. The third kappa shape index (κ3) is 8.50. The topological polar surface area (TPSA) is 102 Å². The van der Waals surface area contributed by atoms with Crippen molar-refractivity contribution in [2.45, 2.75) is 38.8 Å². The van der Waals surface area contributed by atoms with Gasteiger partial charge in [-0.15, -0.1) is 0 Å². The number of aryl methyl sites for hydroxylation is 1. The molecule has 10 nitrogen and oxygen atoms in total. The van der Waals surface area contributed by atoms with Gasteiger partial charge in [0.2, 0.25) is 11.8 Å². The van der Waals surface area contributed by atoms with Crippen LogP contribution in [0.4, 0.5) is 18.9 Å². The zero-order valence-corrected chi connectivity index (χ0v) is 28.7. The lowest BCUT2D eigenvalue weighted by atomic mass is 9.88. The molecule has 3 aliphatic rings. The number of rotatable bonds is 10. The van der Waals surface area contributed by atoms with E-state index in [1.165, 1.54) is 10.5 Å². The fraction of sp³-hybridized carbons (Fsp3) is 0.486. The van der Waals surface area contributed by atoms with Gasteiger partial charge in [-0.05, 0) is 81.1 Å². The van der Waals surface area contributed by atoms with Crippen LogP contribution in [0.3, 0.4) is 0 Å². The van der Waals surface area contributed by atoms with Crippen molar-refractivity contribution in [1.82, 2.24) is 29.5 Å². The van der Waals surface area contributed by atoms with Gasteiger partial charge in [-0.1, -0.05) is 42.5 Å². The average Bonchev–Trinajstić information content (AvgIpc) is 3.77. The SMILES string of the molecule is CCN(C(=O)[C@@H]1CCN(CC(=O)N2CC=C(c3ccc(-c4ncn(C)n4)cc3)CC2)C1)c1cccc(C(=N)C2CCN(CC(F)(F)F)CC2)c1. The molecule has 13 heteroatoms. The Morgan fingerprint density at radius 3 is 2.30 bits per heavy atom. The molecular weight excluding hydrogens is 645 g/mol. The Bertz CT molecular complexity index is 1710. The highest BCUT2D eigenvalue weighted by Crippen LogP contribution is 2.29. The Morgan fingerprint density at radius 2 is 1.66 bits per heavy atom. The minimum Gasteiger partial charge on any atom is -0.338 e. The summed E-state index contributed by atoms with van der Waals surface area (Å²) < 4.78 is 40.1. The van der Waals surface area contributed by atoms with Crippen LogP contribution in [0.2, 0.25) is 0 Å². The molecule has 2 saturated heterocycles. The summed E-state index contributed by atoms with van der Waals surface area (Å²) in [4.78, 5) is 38.4. The molecule has 3 aromatic rings. The number of anilines is 1. The van der Waals surface area contributed by atoms with Gasteiger partial charge in [0.05, 0.1) is 19.0 Å². The molecule has 0 unspecified atom stereocenters. The fourth-order valence-electron chi connectivity index (χ4n) is 7.33. The van der Waals surface area contributed by atoms with E-state index < -0.39 is 12.7 Å². The molecule has 4 heterocycles. The highest BCUT2D eigenvalue weighted by Gasteiger charge is 2.35. The Kier molecular flexibility index (Phi) is 10.8. The zero-order chi connectivity index (χ0) is 35.4. The molecule has 266 valence electrons. The molecule has 0 aliphatic carbocycles. The second-order valence-corrected chi connectivity index (χ2v) is 13.6. The van der Waals surface area contributed by atoms with Gasteiger partial charge in [0.15, 0.2) is 5.82 Å². The van der Waals surface area contributed by atoms with Crippen LogP contribution in [-0.4, -0.2) is 112 Å². The number of carbonyl (C=O) groups is 2. The summed E-state index contributed by atoms with van der Waals surface area (Å²) in [6, 6.07) is 15.6. The lowest BCUT2D eigenvalue weighted by molar-refractivity contribution is -0.148. The van der Waals surface area contributed by atoms with E-state index in [0.29, 0.717) is 87.9 Å². The summed E-state index contributed by atoms with van der Waals surface area (Å²) in [5.41, 5.74) is 5.11. The number of nitrogens with zero attached hydrogens (tertiary/aromatic N) is 7. The normalized spacial score (nSPS) is 19.4. The van der Waals surface area contributed by atoms with E-state index in [1.807, 2.05) is 55.3 Å². The number of carbonyl (C=O) groups excluding carboxylic acids is 2. The zero-order valence-electron chi connectivity index (χ0n) is 28.7. The molecule has 50 heavy (non-hydrogen) atoms. The molecule has 1 atom stereocenters. The smallest absolute Gasteiger partial charge is 0.338 e.